The lowest BCUT2D eigenvalue weighted by molar-refractivity contribution is -0.137. The van der Waals surface area contributed by atoms with Crippen LogP contribution >= 0.6 is 0 Å². The highest BCUT2D eigenvalue weighted by Gasteiger charge is 2.47. The molecule has 2 aliphatic heterocycles. The Bertz CT molecular complexity index is 533. The van der Waals surface area contributed by atoms with Crippen molar-refractivity contribution in [2.24, 2.45) is 5.41 Å². The van der Waals surface area contributed by atoms with Crippen LogP contribution in [-0.2, 0) is 11.0 Å². The second-order valence-corrected chi connectivity index (χ2v) is 5.78. The van der Waals surface area contributed by atoms with Crippen LogP contribution in [0.1, 0.15) is 24.8 Å². The summed E-state index contributed by atoms with van der Waals surface area (Å²) < 4.78 is 37.7. The number of carbonyl (C=O) groups is 1. The molecule has 0 radical (unpaired) electrons. The van der Waals surface area contributed by atoms with Gasteiger partial charge in [0, 0.05) is 12.2 Å². The number of nitrogens with one attached hydrogen (secondary N) is 1. The minimum absolute atomic E-state index is 0.0590. The summed E-state index contributed by atoms with van der Waals surface area (Å²) in [7, 11) is 0. The van der Waals surface area contributed by atoms with E-state index in [1.54, 1.807) is 4.90 Å². The summed E-state index contributed by atoms with van der Waals surface area (Å²) in [5.41, 5.74) is -0.439. The molecule has 0 atom stereocenters. The number of amides is 1. The van der Waals surface area contributed by atoms with Gasteiger partial charge in [-0.2, -0.15) is 13.2 Å². The zero-order valence-corrected chi connectivity index (χ0v) is 11.5. The minimum Gasteiger partial charge on any atom is -0.317 e. The Morgan fingerprint density at radius 2 is 1.67 bits per heavy atom. The quantitative estimate of drug-likeness (QED) is 0.864. The van der Waals surface area contributed by atoms with Gasteiger partial charge in [-0.05, 0) is 56.6 Å². The number of hydrogen-bond donors (Lipinski definition) is 1. The van der Waals surface area contributed by atoms with E-state index in [1.165, 1.54) is 12.1 Å². The molecule has 2 heterocycles. The van der Waals surface area contributed by atoms with Crippen molar-refractivity contribution < 1.29 is 18.0 Å². The van der Waals surface area contributed by atoms with Gasteiger partial charge in [0.1, 0.15) is 0 Å². The molecule has 2 saturated heterocycles. The molecule has 3 rings (SSSR count). The zero-order valence-electron chi connectivity index (χ0n) is 11.5. The molecule has 3 nitrogen and oxygen atoms in total. The van der Waals surface area contributed by atoms with E-state index in [-0.39, 0.29) is 11.3 Å². The SMILES string of the molecule is O=C1N(c2ccc(C(F)(F)F)cc2)CCC12CCNCC2. The molecule has 1 aromatic carbocycles. The fraction of sp³-hybridized carbons (Fsp3) is 0.533. The summed E-state index contributed by atoms with van der Waals surface area (Å²) in [6.45, 7) is 2.24. The molecule has 1 N–H and O–H groups in total. The number of alkyl halides is 3. The average molecular weight is 298 g/mol. The summed E-state index contributed by atoms with van der Waals surface area (Å²) in [5, 5.41) is 3.24. The van der Waals surface area contributed by atoms with Gasteiger partial charge in [-0.3, -0.25) is 4.79 Å². The predicted molar refractivity (Wildman–Crippen MR) is 73.0 cm³/mol. The van der Waals surface area contributed by atoms with Gasteiger partial charge in [-0.15, -0.1) is 0 Å². The van der Waals surface area contributed by atoms with E-state index in [0.29, 0.717) is 12.2 Å². The summed E-state index contributed by atoms with van der Waals surface area (Å²) in [6, 6.07) is 4.85. The lowest BCUT2D eigenvalue weighted by atomic mass is 9.78. The fourth-order valence-corrected chi connectivity index (χ4v) is 3.27. The number of benzene rings is 1. The van der Waals surface area contributed by atoms with Gasteiger partial charge < -0.3 is 10.2 Å². The topological polar surface area (TPSA) is 32.3 Å². The number of piperidine rings is 1. The third-order valence-electron chi connectivity index (χ3n) is 4.58. The smallest absolute Gasteiger partial charge is 0.317 e. The van der Waals surface area contributed by atoms with E-state index in [4.69, 9.17) is 0 Å². The summed E-state index contributed by atoms with van der Waals surface area (Å²) in [5.74, 6) is 0.0590. The molecule has 0 saturated carbocycles. The Balaban J connectivity index is 1.80. The first kappa shape index (κ1) is 14.4. The van der Waals surface area contributed by atoms with Crippen LogP contribution in [-0.4, -0.2) is 25.5 Å². The lowest BCUT2D eigenvalue weighted by Crippen LogP contribution is -2.42. The van der Waals surface area contributed by atoms with Gasteiger partial charge in [0.15, 0.2) is 0 Å². The van der Waals surface area contributed by atoms with Crippen molar-refractivity contribution in [2.75, 3.05) is 24.5 Å². The number of halogens is 3. The van der Waals surface area contributed by atoms with Gasteiger partial charge in [-0.25, -0.2) is 0 Å². The molecule has 0 aromatic heterocycles. The summed E-state index contributed by atoms with van der Waals surface area (Å²) >= 11 is 0. The molecule has 114 valence electrons. The zero-order chi connectivity index (χ0) is 15.1. The number of rotatable bonds is 1. The van der Waals surface area contributed by atoms with Crippen LogP contribution < -0.4 is 10.2 Å². The van der Waals surface area contributed by atoms with Crippen molar-refractivity contribution in [1.82, 2.24) is 5.32 Å². The maximum atomic E-state index is 12.6. The summed E-state index contributed by atoms with van der Waals surface area (Å²) in [4.78, 5) is 14.3. The Labute approximate surface area is 121 Å². The van der Waals surface area contributed by atoms with Gasteiger partial charge in [0.2, 0.25) is 5.91 Å². The summed E-state index contributed by atoms with van der Waals surface area (Å²) in [6.07, 6.45) is -1.94. The third kappa shape index (κ3) is 2.52. The minimum atomic E-state index is -4.34. The number of nitrogens with zero attached hydrogens (tertiary/aromatic N) is 1. The molecule has 1 spiro atoms. The molecule has 2 aliphatic rings. The molecule has 0 unspecified atom stereocenters. The molecular weight excluding hydrogens is 281 g/mol. The highest BCUT2D eigenvalue weighted by molar-refractivity contribution is 6.00. The molecule has 6 heteroatoms. The molecule has 0 aliphatic carbocycles. The van der Waals surface area contributed by atoms with E-state index in [0.717, 1.165) is 44.5 Å². The Hall–Kier alpha value is -1.56. The van der Waals surface area contributed by atoms with Crippen molar-refractivity contribution in [3.05, 3.63) is 29.8 Å². The Morgan fingerprint density at radius 3 is 2.24 bits per heavy atom. The second kappa shape index (κ2) is 5.02. The molecule has 2 fully saturated rings. The molecule has 0 bridgehead atoms. The maximum Gasteiger partial charge on any atom is 0.416 e. The fourth-order valence-electron chi connectivity index (χ4n) is 3.27. The van der Waals surface area contributed by atoms with E-state index < -0.39 is 11.7 Å². The largest absolute Gasteiger partial charge is 0.416 e. The van der Waals surface area contributed by atoms with Gasteiger partial charge in [0.25, 0.3) is 0 Å². The van der Waals surface area contributed by atoms with Crippen molar-refractivity contribution in [3.8, 4) is 0 Å². The number of hydrogen-bond acceptors (Lipinski definition) is 2. The number of anilines is 1. The van der Waals surface area contributed by atoms with Gasteiger partial charge in [-0.1, -0.05) is 0 Å². The van der Waals surface area contributed by atoms with Crippen molar-refractivity contribution in [2.45, 2.75) is 25.4 Å². The first-order valence-electron chi connectivity index (χ1n) is 7.12. The van der Waals surface area contributed by atoms with E-state index in [9.17, 15) is 18.0 Å². The van der Waals surface area contributed by atoms with E-state index >= 15 is 0 Å². The molecular formula is C15H17F3N2O. The molecule has 1 amide bonds. The highest BCUT2D eigenvalue weighted by atomic mass is 19.4. The molecule has 1 aromatic rings. The van der Waals surface area contributed by atoms with Crippen LogP contribution in [0.4, 0.5) is 18.9 Å². The predicted octanol–water partition coefficient (Wildman–Crippen LogP) is 2.81. The van der Waals surface area contributed by atoms with Crippen LogP contribution in [0, 0.1) is 5.41 Å². The van der Waals surface area contributed by atoms with Crippen molar-refractivity contribution in [3.63, 3.8) is 0 Å². The van der Waals surface area contributed by atoms with Crippen molar-refractivity contribution in [1.29, 1.82) is 0 Å². The molecule has 21 heavy (non-hydrogen) atoms. The Kier molecular flexibility index (Phi) is 3.43. The van der Waals surface area contributed by atoms with Gasteiger partial charge in [0.05, 0.1) is 11.0 Å². The van der Waals surface area contributed by atoms with Crippen LogP contribution in [0.15, 0.2) is 24.3 Å². The van der Waals surface area contributed by atoms with Crippen molar-refractivity contribution >= 4 is 11.6 Å². The highest BCUT2D eigenvalue weighted by Crippen LogP contribution is 2.42. The normalized spacial score (nSPS) is 22.0. The maximum absolute atomic E-state index is 12.6. The van der Waals surface area contributed by atoms with Crippen LogP contribution in [0.3, 0.4) is 0 Å². The number of carbonyl (C=O) groups excluding carboxylic acids is 1. The second-order valence-electron chi connectivity index (χ2n) is 5.78. The standard InChI is InChI=1S/C15H17F3N2O/c16-15(17,18)11-1-3-12(4-2-11)20-10-7-14(13(20)21)5-8-19-9-6-14/h1-4,19H,5-10H2. The lowest BCUT2D eigenvalue weighted by Gasteiger charge is -2.32. The third-order valence-corrected chi connectivity index (χ3v) is 4.58. The van der Waals surface area contributed by atoms with Gasteiger partial charge >= 0.3 is 6.18 Å². The van der Waals surface area contributed by atoms with Crippen LogP contribution in [0.2, 0.25) is 0 Å². The van der Waals surface area contributed by atoms with Crippen LogP contribution in [0.5, 0.6) is 0 Å². The van der Waals surface area contributed by atoms with E-state index in [2.05, 4.69) is 5.32 Å². The first-order valence-corrected chi connectivity index (χ1v) is 7.12. The van der Waals surface area contributed by atoms with E-state index in [1.807, 2.05) is 0 Å². The Morgan fingerprint density at radius 1 is 1.05 bits per heavy atom. The first-order chi connectivity index (χ1) is 9.92. The average Bonchev–Trinajstić information content (AvgIpc) is 2.76. The van der Waals surface area contributed by atoms with Crippen LogP contribution in [0.25, 0.3) is 0 Å². The monoisotopic (exact) mass is 298 g/mol.